The normalized spacial score (nSPS) is 44.1. The summed E-state index contributed by atoms with van der Waals surface area (Å²) in [6, 6.07) is 0. The first-order chi connectivity index (χ1) is 12.9. The number of phosphoric ester groups is 1. The molecule has 8 N–H and O–H groups in total. The summed E-state index contributed by atoms with van der Waals surface area (Å²) in [6.45, 7) is -0.575. The van der Waals surface area contributed by atoms with E-state index >= 15 is 0 Å². The summed E-state index contributed by atoms with van der Waals surface area (Å²) in [5.41, 5.74) is 8.18. The van der Waals surface area contributed by atoms with Gasteiger partial charge in [0, 0.05) is 0 Å². The van der Waals surface area contributed by atoms with E-state index in [-0.39, 0.29) is 6.67 Å². The van der Waals surface area contributed by atoms with Crippen LogP contribution in [0.1, 0.15) is 0 Å². The van der Waals surface area contributed by atoms with Crippen LogP contribution in [0.15, 0.2) is 9.98 Å². The zero-order valence-electron chi connectivity index (χ0n) is 13.9. The van der Waals surface area contributed by atoms with Crippen LogP contribution in [-0.2, 0) is 22.7 Å². The molecule has 0 bridgehead atoms. The Hall–Kier alpha value is -0.840. The number of amidine groups is 1. The molecule has 3 saturated heterocycles. The highest BCUT2D eigenvalue weighted by molar-refractivity contribution is 7.60. The van der Waals surface area contributed by atoms with Gasteiger partial charge >= 0.3 is 15.6 Å². The number of aliphatic imine (C=N–C) groups is 2. The van der Waals surface area contributed by atoms with Crippen molar-refractivity contribution in [1.29, 1.82) is 0 Å². The predicted molar refractivity (Wildman–Crippen MR) is 87.9 cm³/mol. The maximum atomic E-state index is 11.5. The molecule has 4 aliphatic heterocycles. The summed E-state index contributed by atoms with van der Waals surface area (Å²) in [6.07, 6.45) is -4.72. The molecule has 0 radical (unpaired) electrons. The Bertz CT molecular complexity index is 821. The third-order valence-electron chi connectivity index (χ3n) is 4.68. The second kappa shape index (κ2) is 6.58. The second-order valence-corrected chi connectivity index (χ2v) is 9.29. The van der Waals surface area contributed by atoms with E-state index in [0.717, 1.165) is 0 Å². The summed E-state index contributed by atoms with van der Waals surface area (Å²) >= 11 is 0. The number of hydrogen-bond donors (Lipinski definition) is 7. The molecule has 8 atom stereocenters. The molecule has 4 heterocycles. The van der Waals surface area contributed by atoms with Gasteiger partial charge in [-0.05, 0) is 0 Å². The Balaban J connectivity index is 1.43. The Morgan fingerprint density at radius 3 is 2.75 bits per heavy atom. The largest absolute Gasteiger partial charge is 0.481 e. The molecule has 0 aliphatic carbocycles. The molecule has 28 heavy (non-hydrogen) atoms. The van der Waals surface area contributed by atoms with E-state index in [1.165, 1.54) is 6.34 Å². The van der Waals surface area contributed by atoms with Crippen LogP contribution >= 0.6 is 15.6 Å². The number of ether oxygens (including phenoxy) is 1. The first-order valence-electron chi connectivity index (χ1n) is 7.88. The van der Waals surface area contributed by atoms with Gasteiger partial charge in [0.1, 0.15) is 30.8 Å². The fourth-order valence-corrected chi connectivity index (χ4v) is 4.99. The monoisotopic (exact) mass is 444 g/mol. The summed E-state index contributed by atoms with van der Waals surface area (Å²) < 4.78 is 35.9. The maximum absolute atomic E-state index is 11.5. The fraction of sp³-hybridized carbons (Fsp3) is 0.800. The van der Waals surface area contributed by atoms with Gasteiger partial charge < -0.3 is 40.3 Å². The van der Waals surface area contributed by atoms with Gasteiger partial charge in [0.2, 0.25) is 0 Å². The van der Waals surface area contributed by atoms with Gasteiger partial charge in [0.05, 0.1) is 13.3 Å². The van der Waals surface area contributed by atoms with E-state index in [1.807, 2.05) is 0 Å². The van der Waals surface area contributed by atoms with E-state index in [4.69, 9.17) is 20.3 Å². The van der Waals surface area contributed by atoms with Gasteiger partial charge in [-0.3, -0.25) is 9.52 Å². The zero-order chi connectivity index (χ0) is 20.5. The van der Waals surface area contributed by atoms with Crippen LogP contribution in [0.5, 0.6) is 0 Å². The quantitative estimate of drug-likeness (QED) is 0.153. The third-order valence-corrected chi connectivity index (χ3v) is 6.83. The molecule has 0 amide bonds. The lowest BCUT2D eigenvalue weighted by Crippen LogP contribution is -2.55. The highest BCUT2D eigenvalue weighted by Gasteiger charge is 2.70. The molecule has 0 saturated carbocycles. The van der Waals surface area contributed by atoms with E-state index in [1.54, 1.807) is 9.91 Å². The molecule has 18 heteroatoms. The van der Waals surface area contributed by atoms with Gasteiger partial charge in [0.25, 0.3) is 0 Å². The smallest absolute Gasteiger partial charge is 0.387 e. The molecule has 3 unspecified atom stereocenters. The highest BCUT2D eigenvalue weighted by atomic mass is 31.3. The lowest BCUT2D eigenvalue weighted by atomic mass is 10.1. The van der Waals surface area contributed by atoms with Crippen LogP contribution < -0.4 is 11.2 Å². The number of hydrazine groups is 1. The lowest BCUT2D eigenvalue weighted by Gasteiger charge is -2.31. The number of rotatable bonds is 6. The summed E-state index contributed by atoms with van der Waals surface area (Å²) in [4.78, 5) is 36.2. The standard InChI is InChI=1S/C10H18N6O10P2/c11-8-10-9(13-2-12-8)15(3-16(10)14-10)7-6(18)5(17)4(25-7)1-24-28(22,23)26-27(19,20)21/h2,4-8,14,17-18H,1,3,11H2,(H,22,23)(H2,19,20,21)/t4-,5-,6-,7-,8?,10+,16?/m1/s1. The SMILES string of the molecule is NC1N=CN=C2N([C@@H]3O[C@H](COP(=O)(O)OP(=O)(O)O)[C@@H](O)[C@H]3O)CN3N[C@@]213. The first-order valence-corrected chi connectivity index (χ1v) is 10.9. The molecule has 1 spiro atoms. The summed E-state index contributed by atoms with van der Waals surface area (Å²) in [5.74, 6) is 0.422. The Labute approximate surface area is 157 Å². The van der Waals surface area contributed by atoms with Crippen molar-refractivity contribution in [2.45, 2.75) is 36.4 Å². The number of nitrogens with zero attached hydrogens (tertiary/aromatic N) is 4. The van der Waals surface area contributed by atoms with Gasteiger partial charge in [-0.2, -0.15) is 9.32 Å². The minimum absolute atomic E-state index is 0.206. The number of nitrogens with one attached hydrogen (secondary N) is 1. The fourth-order valence-electron chi connectivity index (χ4n) is 3.39. The molecule has 0 aromatic heterocycles. The van der Waals surface area contributed by atoms with Crippen molar-refractivity contribution in [2.75, 3.05) is 13.3 Å². The molecule has 3 fully saturated rings. The van der Waals surface area contributed by atoms with E-state index in [0.29, 0.717) is 5.84 Å². The van der Waals surface area contributed by atoms with Crippen LogP contribution in [0.2, 0.25) is 0 Å². The Morgan fingerprint density at radius 1 is 1.36 bits per heavy atom. The minimum Gasteiger partial charge on any atom is -0.387 e. The number of aliphatic hydroxyl groups excluding tert-OH is 2. The van der Waals surface area contributed by atoms with Crippen LogP contribution in [0, 0.1) is 0 Å². The first kappa shape index (κ1) is 20.4. The highest BCUT2D eigenvalue weighted by Crippen LogP contribution is 2.57. The molecular weight excluding hydrogens is 426 g/mol. The number of nitrogens with two attached hydrogens (primary N) is 1. The summed E-state index contributed by atoms with van der Waals surface area (Å²) in [7, 11) is -10.4. The molecule has 4 aliphatic rings. The molecular formula is C10H18N6O10P2. The van der Waals surface area contributed by atoms with E-state index < -0.39 is 58.6 Å². The molecule has 158 valence electrons. The number of aliphatic hydroxyl groups is 2. The second-order valence-electron chi connectivity index (χ2n) is 6.46. The van der Waals surface area contributed by atoms with Crippen molar-refractivity contribution in [3.8, 4) is 0 Å². The van der Waals surface area contributed by atoms with E-state index in [9.17, 15) is 24.2 Å². The van der Waals surface area contributed by atoms with Crippen molar-refractivity contribution in [3.63, 3.8) is 0 Å². The van der Waals surface area contributed by atoms with Crippen LogP contribution in [-0.4, -0.2) is 96.6 Å². The average Bonchev–Trinajstić information content (AvgIpc) is 3.08. The molecule has 0 aromatic carbocycles. The van der Waals surface area contributed by atoms with Crippen molar-refractivity contribution in [2.24, 2.45) is 15.7 Å². The van der Waals surface area contributed by atoms with Gasteiger partial charge in [-0.25, -0.2) is 19.5 Å². The number of phosphoric acid groups is 2. The lowest BCUT2D eigenvalue weighted by molar-refractivity contribution is -0.0739. The van der Waals surface area contributed by atoms with Crippen molar-refractivity contribution in [3.05, 3.63) is 0 Å². The topological polar surface area (TPSA) is 242 Å². The van der Waals surface area contributed by atoms with Gasteiger partial charge in [-0.1, -0.05) is 0 Å². The van der Waals surface area contributed by atoms with Crippen LogP contribution in [0.25, 0.3) is 0 Å². The molecule has 0 aromatic rings. The minimum atomic E-state index is -5.28. The third kappa shape index (κ3) is 3.36. The van der Waals surface area contributed by atoms with Crippen LogP contribution in [0.4, 0.5) is 0 Å². The Kier molecular flexibility index (Phi) is 4.80. The van der Waals surface area contributed by atoms with Gasteiger partial charge in [0.15, 0.2) is 17.7 Å². The van der Waals surface area contributed by atoms with E-state index in [2.05, 4.69) is 24.2 Å². The Morgan fingerprint density at radius 2 is 2.07 bits per heavy atom. The molecule has 4 rings (SSSR count). The van der Waals surface area contributed by atoms with Gasteiger partial charge in [-0.15, -0.1) is 0 Å². The maximum Gasteiger partial charge on any atom is 0.481 e. The zero-order valence-corrected chi connectivity index (χ0v) is 15.7. The molecule has 16 nitrogen and oxygen atoms in total. The predicted octanol–water partition coefficient (Wildman–Crippen LogP) is -3.83. The van der Waals surface area contributed by atoms with Crippen molar-refractivity contribution in [1.82, 2.24) is 15.3 Å². The number of hydrogen-bond acceptors (Lipinski definition) is 13. The van der Waals surface area contributed by atoms with Crippen molar-refractivity contribution >= 4 is 27.8 Å². The average molecular weight is 444 g/mol. The van der Waals surface area contributed by atoms with Crippen molar-refractivity contribution < 1.29 is 47.6 Å². The van der Waals surface area contributed by atoms with Crippen LogP contribution in [0.3, 0.4) is 0 Å². The summed E-state index contributed by atoms with van der Waals surface area (Å²) in [5, 5.41) is 22.2.